The Morgan fingerprint density at radius 1 is 1.23 bits per heavy atom. The molecule has 1 atom stereocenters. The van der Waals surface area contributed by atoms with E-state index >= 15 is 0 Å². The van der Waals surface area contributed by atoms with Crippen LogP contribution < -0.4 is 5.32 Å². The van der Waals surface area contributed by atoms with Gasteiger partial charge in [-0.1, -0.05) is 30.3 Å². The molecule has 26 heavy (non-hydrogen) atoms. The van der Waals surface area contributed by atoms with E-state index in [-0.39, 0.29) is 11.3 Å². The maximum atomic E-state index is 12.5. The molecule has 0 spiro atoms. The summed E-state index contributed by atoms with van der Waals surface area (Å²) in [5, 5.41) is 7.47. The fraction of sp³-hybridized carbons (Fsp3) is 0.524. The Morgan fingerprint density at radius 2 is 2.08 bits per heavy atom. The molecule has 2 aliphatic rings. The summed E-state index contributed by atoms with van der Waals surface area (Å²) in [6.45, 7) is 4.19. The number of rotatable bonds is 7. The normalized spacial score (nSPS) is 22.1. The summed E-state index contributed by atoms with van der Waals surface area (Å²) in [6.07, 6.45) is 8.54. The second-order valence-electron chi connectivity index (χ2n) is 7.97. The Labute approximate surface area is 155 Å². The lowest BCUT2D eigenvalue weighted by Gasteiger charge is -2.32. The third kappa shape index (κ3) is 4.33. The first-order valence-corrected chi connectivity index (χ1v) is 9.74. The maximum Gasteiger partial charge on any atom is 0.234 e. The summed E-state index contributed by atoms with van der Waals surface area (Å²) in [5.74, 6) is 0.706. The number of carbonyl (C=O) groups is 1. The Balaban J connectivity index is 1.24. The molecule has 5 nitrogen and oxygen atoms in total. The Bertz CT molecular complexity index is 709. The number of nitrogens with one attached hydrogen (secondary N) is 1. The van der Waals surface area contributed by atoms with Crippen LogP contribution in [-0.4, -0.2) is 46.8 Å². The van der Waals surface area contributed by atoms with Crippen LogP contribution in [0.3, 0.4) is 0 Å². The van der Waals surface area contributed by atoms with Crippen molar-refractivity contribution >= 4 is 5.91 Å². The molecular weight excluding hydrogens is 324 g/mol. The van der Waals surface area contributed by atoms with Gasteiger partial charge in [-0.2, -0.15) is 5.10 Å². The largest absolute Gasteiger partial charge is 0.354 e. The molecule has 1 N–H and O–H groups in total. The molecule has 1 aliphatic carbocycles. The van der Waals surface area contributed by atoms with Crippen LogP contribution in [0.4, 0.5) is 0 Å². The molecule has 2 heterocycles. The van der Waals surface area contributed by atoms with Crippen LogP contribution in [0.2, 0.25) is 0 Å². The van der Waals surface area contributed by atoms with Crippen LogP contribution in [0.1, 0.15) is 37.2 Å². The van der Waals surface area contributed by atoms with Gasteiger partial charge >= 0.3 is 0 Å². The molecule has 1 saturated heterocycles. The van der Waals surface area contributed by atoms with Gasteiger partial charge in [0.15, 0.2) is 0 Å². The minimum atomic E-state index is 0.158. The zero-order chi connectivity index (χ0) is 17.8. The van der Waals surface area contributed by atoms with Crippen molar-refractivity contribution in [2.75, 3.05) is 26.2 Å². The summed E-state index contributed by atoms with van der Waals surface area (Å²) in [5.41, 5.74) is 1.62. The van der Waals surface area contributed by atoms with Crippen LogP contribution in [0.25, 0.3) is 0 Å². The Kier molecular flexibility index (Phi) is 5.07. The van der Waals surface area contributed by atoms with E-state index in [4.69, 9.17) is 0 Å². The molecular formula is C21H28N4O. The van der Waals surface area contributed by atoms with E-state index in [1.165, 1.54) is 24.8 Å². The van der Waals surface area contributed by atoms with Crippen LogP contribution in [0.15, 0.2) is 48.8 Å². The predicted octanol–water partition coefficient (Wildman–Crippen LogP) is 2.66. The van der Waals surface area contributed by atoms with Gasteiger partial charge in [0.1, 0.15) is 0 Å². The van der Waals surface area contributed by atoms with Gasteiger partial charge < -0.3 is 5.32 Å². The summed E-state index contributed by atoms with van der Waals surface area (Å²) >= 11 is 0. The van der Waals surface area contributed by atoms with Crippen molar-refractivity contribution in [2.24, 2.45) is 5.41 Å². The van der Waals surface area contributed by atoms with Gasteiger partial charge in [-0.15, -0.1) is 0 Å². The molecule has 1 aromatic carbocycles. The molecule has 0 bridgehead atoms. The smallest absolute Gasteiger partial charge is 0.234 e. The van der Waals surface area contributed by atoms with Gasteiger partial charge in [0.05, 0.1) is 6.54 Å². The maximum absolute atomic E-state index is 12.5. The summed E-state index contributed by atoms with van der Waals surface area (Å²) in [4.78, 5) is 14.8. The highest BCUT2D eigenvalue weighted by molar-refractivity contribution is 5.78. The van der Waals surface area contributed by atoms with Crippen molar-refractivity contribution in [3.05, 3.63) is 54.4 Å². The number of aromatic nitrogens is 2. The summed E-state index contributed by atoms with van der Waals surface area (Å²) in [7, 11) is 0. The van der Waals surface area contributed by atoms with Gasteiger partial charge in [0, 0.05) is 37.4 Å². The highest BCUT2D eigenvalue weighted by atomic mass is 16.2. The minimum absolute atomic E-state index is 0.158. The average molecular weight is 352 g/mol. The molecule has 1 aromatic heterocycles. The number of amides is 1. The van der Waals surface area contributed by atoms with Gasteiger partial charge in [0.25, 0.3) is 0 Å². The molecule has 1 amide bonds. The first-order valence-electron chi connectivity index (χ1n) is 9.74. The molecule has 1 aliphatic heterocycles. The standard InChI is InChI=1S/C21H28N4O/c26-20(22-16-21(9-10-21)17-25-13-5-11-23-25)15-24-12-4-8-19(14-24)18-6-2-1-3-7-18/h1-3,5-7,11,13,19H,4,8-10,12,14-17H2,(H,22,26)/t19-/m1/s1. The lowest BCUT2D eigenvalue weighted by molar-refractivity contribution is -0.122. The van der Waals surface area contributed by atoms with Gasteiger partial charge in [-0.25, -0.2) is 0 Å². The fourth-order valence-corrected chi connectivity index (χ4v) is 4.05. The molecule has 2 aromatic rings. The number of hydrogen-bond acceptors (Lipinski definition) is 3. The first-order chi connectivity index (χ1) is 12.7. The SMILES string of the molecule is O=C(CN1CCC[C@@H](c2ccccc2)C1)NCC1(Cn2cccn2)CC1. The van der Waals surface area contributed by atoms with E-state index < -0.39 is 0 Å². The van der Waals surface area contributed by atoms with E-state index in [9.17, 15) is 4.79 Å². The van der Waals surface area contributed by atoms with E-state index in [0.717, 1.165) is 32.6 Å². The van der Waals surface area contributed by atoms with Gasteiger partial charge in [-0.05, 0) is 49.8 Å². The third-order valence-electron chi connectivity index (χ3n) is 5.82. The molecule has 138 valence electrons. The van der Waals surface area contributed by atoms with Crippen molar-refractivity contribution in [3.63, 3.8) is 0 Å². The van der Waals surface area contributed by atoms with Crippen molar-refractivity contribution in [3.8, 4) is 0 Å². The summed E-state index contributed by atoms with van der Waals surface area (Å²) in [6, 6.07) is 12.6. The van der Waals surface area contributed by atoms with Crippen LogP contribution >= 0.6 is 0 Å². The number of benzene rings is 1. The van der Waals surface area contributed by atoms with E-state index in [1.54, 1.807) is 0 Å². The number of hydrogen-bond donors (Lipinski definition) is 1. The van der Waals surface area contributed by atoms with Crippen LogP contribution in [-0.2, 0) is 11.3 Å². The monoisotopic (exact) mass is 352 g/mol. The third-order valence-corrected chi connectivity index (χ3v) is 5.82. The zero-order valence-electron chi connectivity index (χ0n) is 15.3. The van der Waals surface area contributed by atoms with Crippen molar-refractivity contribution < 1.29 is 4.79 Å². The zero-order valence-corrected chi connectivity index (χ0v) is 15.3. The molecule has 0 radical (unpaired) electrons. The highest BCUT2D eigenvalue weighted by Gasteiger charge is 2.43. The van der Waals surface area contributed by atoms with Gasteiger partial charge in [-0.3, -0.25) is 14.4 Å². The van der Waals surface area contributed by atoms with Crippen molar-refractivity contribution in [1.82, 2.24) is 20.0 Å². The van der Waals surface area contributed by atoms with E-state index in [1.807, 2.05) is 23.1 Å². The average Bonchev–Trinajstić information content (AvgIpc) is 3.24. The van der Waals surface area contributed by atoms with E-state index in [0.29, 0.717) is 12.5 Å². The lowest BCUT2D eigenvalue weighted by Crippen LogP contribution is -2.43. The number of piperidine rings is 1. The second-order valence-corrected chi connectivity index (χ2v) is 7.97. The number of carbonyl (C=O) groups excluding carboxylic acids is 1. The number of likely N-dealkylation sites (tertiary alicyclic amines) is 1. The Hall–Kier alpha value is -2.14. The second kappa shape index (κ2) is 7.62. The van der Waals surface area contributed by atoms with Crippen LogP contribution in [0, 0.1) is 5.41 Å². The molecule has 5 heteroatoms. The first kappa shape index (κ1) is 17.3. The van der Waals surface area contributed by atoms with Crippen molar-refractivity contribution in [1.29, 1.82) is 0 Å². The number of nitrogens with zero attached hydrogens (tertiary/aromatic N) is 3. The fourth-order valence-electron chi connectivity index (χ4n) is 4.05. The molecule has 2 fully saturated rings. The molecule has 0 unspecified atom stereocenters. The molecule has 1 saturated carbocycles. The highest BCUT2D eigenvalue weighted by Crippen LogP contribution is 2.46. The quantitative estimate of drug-likeness (QED) is 0.833. The van der Waals surface area contributed by atoms with E-state index in [2.05, 4.69) is 45.6 Å². The van der Waals surface area contributed by atoms with Crippen molar-refractivity contribution in [2.45, 2.75) is 38.1 Å². The summed E-state index contributed by atoms with van der Waals surface area (Å²) < 4.78 is 1.98. The predicted molar refractivity (Wildman–Crippen MR) is 102 cm³/mol. The van der Waals surface area contributed by atoms with Gasteiger partial charge in [0.2, 0.25) is 5.91 Å². The Morgan fingerprint density at radius 3 is 2.81 bits per heavy atom. The lowest BCUT2D eigenvalue weighted by atomic mass is 9.91. The van der Waals surface area contributed by atoms with Crippen LogP contribution in [0.5, 0.6) is 0 Å². The topological polar surface area (TPSA) is 50.2 Å². The minimum Gasteiger partial charge on any atom is -0.354 e. The molecule has 4 rings (SSSR count).